The molecule has 1 fully saturated rings. The van der Waals surface area contributed by atoms with E-state index in [2.05, 4.69) is 15.9 Å². The number of aliphatic hydroxyl groups is 1. The van der Waals surface area contributed by atoms with E-state index in [-0.39, 0.29) is 25.6 Å². The van der Waals surface area contributed by atoms with E-state index in [1.165, 1.54) is 4.90 Å². The van der Waals surface area contributed by atoms with Gasteiger partial charge in [0.15, 0.2) is 0 Å². The number of nitrogens with zero attached hydrogens (tertiary/aromatic N) is 2. The number of aliphatic hydroxyl groups excluding tert-OH is 1. The average molecular weight is 343 g/mol. The Morgan fingerprint density at radius 2 is 2.20 bits per heavy atom. The van der Waals surface area contributed by atoms with Crippen LogP contribution in [0.1, 0.15) is 0 Å². The fourth-order valence-electron chi connectivity index (χ4n) is 1.86. The van der Waals surface area contributed by atoms with Crippen molar-refractivity contribution in [3.8, 4) is 5.75 Å². The van der Waals surface area contributed by atoms with Crippen LogP contribution in [0.15, 0.2) is 28.7 Å². The highest BCUT2D eigenvalue weighted by Gasteiger charge is 2.34. The first-order valence-corrected chi connectivity index (χ1v) is 6.88. The maximum Gasteiger partial charge on any atom is 0.327 e. The molecule has 0 spiro atoms. The maximum atomic E-state index is 11.6. The van der Waals surface area contributed by atoms with Crippen LogP contribution in [0, 0.1) is 0 Å². The number of β-amino-alcohol motifs (C(OH)–C–C–N with tert-alkyl or cyclic N) is 1. The largest absolute Gasteiger partial charge is 0.491 e. The van der Waals surface area contributed by atoms with Crippen molar-refractivity contribution in [3.05, 3.63) is 28.7 Å². The fraction of sp³-hybridized carbons (Fsp3) is 0.385. The second kappa shape index (κ2) is 6.23. The van der Waals surface area contributed by atoms with E-state index in [0.29, 0.717) is 5.75 Å². The molecule has 0 radical (unpaired) electrons. The fourth-order valence-corrected chi connectivity index (χ4v) is 2.24. The molecule has 1 atom stereocenters. The highest BCUT2D eigenvalue weighted by Crippen LogP contribution is 2.18. The smallest absolute Gasteiger partial charge is 0.327 e. The van der Waals surface area contributed by atoms with E-state index < -0.39 is 12.1 Å². The molecule has 1 heterocycles. The molecule has 2 rings (SSSR count). The molecule has 0 aliphatic carbocycles. The predicted molar refractivity (Wildman–Crippen MR) is 75.4 cm³/mol. The van der Waals surface area contributed by atoms with Crippen LogP contribution in [-0.4, -0.2) is 59.7 Å². The topological polar surface area (TPSA) is 70.1 Å². The number of imide groups is 1. The molecule has 20 heavy (non-hydrogen) atoms. The van der Waals surface area contributed by atoms with Crippen molar-refractivity contribution >= 4 is 27.9 Å². The lowest BCUT2D eigenvalue weighted by Crippen LogP contribution is -2.40. The normalized spacial score (nSPS) is 16.8. The van der Waals surface area contributed by atoms with Gasteiger partial charge in [0.1, 0.15) is 25.0 Å². The van der Waals surface area contributed by atoms with Gasteiger partial charge < -0.3 is 14.7 Å². The number of amides is 3. The van der Waals surface area contributed by atoms with Crippen LogP contribution in [0.25, 0.3) is 0 Å². The summed E-state index contributed by atoms with van der Waals surface area (Å²) in [4.78, 5) is 25.5. The van der Waals surface area contributed by atoms with E-state index in [1.54, 1.807) is 19.2 Å². The Morgan fingerprint density at radius 3 is 2.80 bits per heavy atom. The van der Waals surface area contributed by atoms with Crippen LogP contribution in [0.4, 0.5) is 4.79 Å². The van der Waals surface area contributed by atoms with Crippen molar-refractivity contribution in [1.82, 2.24) is 9.80 Å². The summed E-state index contributed by atoms with van der Waals surface area (Å²) in [7, 11) is 1.55. The van der Waals surface area contributed by atoms with Crippen molar-refractivity contribution in [1.29, 1.82) is 0 Å². The molecule has 1 N–H and O–H groups in total. The number of hydrogen-bond donors (Lipinski definition) is 1. The zero-order valence-corrected chi connectivity index (χ0v) is 12.5. The minimum Gasteiger partial charge on any atom is -0.491 e. The number of rotatable bonds is 5. The molecule has 1 aliphatic heterocycles. The van der Waals surface area contributed by atoms with E-state index in [1.807, 2.05) is 12.1 Å². The third-order valence-electron chi connectivity index (χ3n) is 2.86. The minimum absolute atomic E-state index is 0.0111. The Hall–Kier alpha value is -1.60. The summed E-state index contributed by atoms with van der Waals surface area (Å²) in [5, 5.41) is 9.86. The molecule has 1 aromatic carbocycles. The number of hydrogen-bond acceptors (Lipinski definition) is 4. The first-order chi connectivity index (χ1) is 9.47. The standard InChI is InChI=1S/C13H15BrN2O4/c1-15-7-12(18)16(13(15)19)6-10(17)8-20-11-4-2-3-9(14)5-11/h2-5,10,17H,6-8H2,1H3/t10-/m0/s1. The van der Waals surface area contributed by atoms with Gasteiger partial charge in [-0.1, -0.05) is 22.0 Å². The van der Waals surface area contributed by atoms with Gasteiger partial charge in [-0.15, -0.1) is 0 Å². The summed E-state index contributed by atoms with van der Waals surface area (Å²) < 4.78 is 6.28. The molecule has 1 aliphatic rings. The van der Waals surface area contributed by atoms with Crippen molar-refractivity contribution in [2.75, 3.05) is 26.7 Å². The lowest BCUT2D eigenvalue weighted by molar-refractivity contribution is -0.126. The predicted octanol–water partition coefficient (Wildman–Crippen LogP) is 1.08. The zero-order chi connectivity index (χ0) is 14.7. The van der Waals surface area contributed by atoms with E-state index in [4.69, 9.17) is 4.74 Å². The highest BCUT2D eigenvalue weighted by molar-refractivity contribution is 9.10. The van der Waals surface area contributed by atoms with Gasteiger partial charge >= 0.3 is 6.03 Å². The molecule has 0 aromatic heterocycles. The van der Waals surface area contributed by atoms with Gasteiger partial charge in [-0.05, 0) is 18.2 Å². The van der Waals surface area contributed by atoms with E-state index in [0.717, 1.165) is 9.37 Å². The Labute approximate surface area is 125 Å². The lowest BCUT2D eigenvalue weighted by Gasteiger charge is -2.18. The summed E-state index contributed by atoms with van der Waals surface area (Å²) in [6, 6.07) is 6.82. The molecule has 1 saturated heterocycles. The van der Waals surface area contributed by atoms with Crippen molar-refractivity contribution < 1.29 is 19.4 Å². The van der Waals surface area contributed by atoms with Crippen LogP contribution in [0.2, 0.25) is 0 Å². The van der Waals surface area contributed by atoms with Gasteiger partial charge in [-0.3, -0.25) is 9.69 Å². The molecule has 0 bridgehead atoms. The molecule has 6 nitrogen and oxygen atoms in total. The Kier molecular flexibility index (Phi) is 4.61. The maximum absolute atomic E-state index is 11.6. The lowest BCUT2D eigenvalue weighted by atomic mass is 10.3. The van der Waals surface area contributed by atoms with Gasteiger partial charge in [0, 0.05) is 11.5 Å². The number of halogens is 1. The SMILES string of the molecule is CN1CC(=O)N(C[C@H](O)COc2cccc(Br)c2)C1=O. The number of urea groups is 1. The third-order valence-corrected chi connectivity index (χ3v) is 3.36. The summed E-state index contributed by atoms with van der Waals surface area (Å²) in [5.74, 6) is 0.300. The van der Waals surface area contributed by atoms with Gasteiger partial charge in [0.2, 0.25) is 5.91 Å². The first kappa shape index (κ1) is 14.8. The Balaban J connectivity index is 1.85. The summed E-state index contributed by atoms with van der Waals surface area (Å²) in [5.41, 5.74) is 0. The molecular weight excluding hydrogens is 328 g/mol. The summed E-state index contributed by atoms with van der Waals surface area (Å²) in [6.45, 7) is 0.00524. The van der Waals surface area contributed by atoms with E-state index >= 15 is 0 Å². The Morgan fingerprint density at radius 1 is 1.45 bits per heavy atom. The number of carbonyl (C=O) groups is 2. The second-order valence-corrected chi connectivity index (χ2v) is 5.48. The number of ether oxygens (including phenoxy) is 1. The van der Waals surface area contributed by atoms with Crippen LogP contribution in [0.3, 0.4) is 0 Å². The second-order valence-electron chi connectivity index (χ2n) is 4.57. The molecule has 0 unspecified atom stereocenters. The number of likely N-dealkylation sites (N-methyl/N-ethyl adjacent to an activating group) is 1. The molecule has 7 heteroatoms. The van der Waals surface area contributed by atoms with Crippen LogP contribution in [0.5, 0.6) is 5.75 Å². The van der Waals surface area contributed by atoms with Crippen LogP contribution < -0.4 is 4.74 Å². The highest BCUT2D eigenvalue weighted by atomic mass is 79.9. The van der Waals surface area contributed by atoms with Crippen molar-refractivity contribution in [2.45, 2.75) is 6.10 Å². The Bertz CT molecular complexity index is 523. The van der Waals surface area contributed by atoms with Crippen LogP contribution in [-0.2, 0) is 4.79 Å². The molecule has 0 saturated carbocycles. The number of benzene rings is 1. The quantitative estimate of drug-likeness (QED) is 0.813. The summed E-state index contributed by atoms with van der Waals surface area (Å²) in [6.07, 6.45) is -0.923. The summed E-state index contributed by atoms with van der Waals surface area (Å²) >= 11 is 3.32. The van der Waals surface area contributed by atoms with Crippen LogP contribution >= 0.6 is 15.9 Å². The van der Waals surface area contributed by atoms with Crippen molar-refractivity contribution in [3.63, 3.8) is 0 Å². The van der Waals surface area contributed by atoms with Gasteiger partial charge in [-0.2, -0.15) is 0 Å². The average Bonchev–Trinajstić information content (AvgIpc) is 2.63. The van der Waals surface area contributed by atoms with Crippen molar-refractivity contribution in [2.24, 2.45) is 0 Å². The molecule has 108 valence electrons. The molecule has 1 aromatic rings. The third kappa shape index (κ3) is 3.49. The monoisotopic (exact) mass is 342 g/mol. The van der Waals surface area contributed by atoms with E-state index in [9.17, 15) is 14.7 Å². The zero-order valence-electron chi connectivity index (χ0n) is 11.0. The molecular formula is C13H15BrN2O4. The van der Waals surface area contributed by atoms with Gasteiger partial charge in [0.25, 0.3) is 0 Å². The first-order valence-electron chi connectivity index (χ1n) is 6.09. The van der Waals surface area contributed by atoms with Gasteiger partial charge in [0.05, 0.1) is 6.54 Å². The molecule has 3 amide bonds. The minimum atomic E-state index is -0.923. The number of carbonyl (C=O) groups excluding carboxylic acids is 2. The van der Waals surface area contributed by atoms with Gasteiger partial charge in [-0.25, -0.2) is 4.79 Å².